The number of hydrogen-bond acceptors (Lipinski definition) is 6. The van der Waals surface area contributed by atoms with Crippen molar-refractivity contribution >= 4 is 23.4 Å². The van der Waals surface area contributed by atoms with Gasteiger partial charge in [0.15, 0.2) is 0 Å². The molecule has 0 aliphatic rings. The molecule has 106 valence electrons. The Bertz CT molecular complexity index is 613. The molecule has 2 aromatic rings. The fourth-order valence-corrected chi connectivity index (χ4v) is 2.46. The van der Waals surface area contributed by atoms with Gasteiger partial charge in [-0.15, -0.1) is 11.8 Å². The Morgan fingerprint density at radius 3 is 2.95 bits per heavy atom. The summed E-state index contributed by atoms with van der Waals surface area (Å²) >= 11 is 1.50. The van der Waals surface area contributed by atoms with Gasteiger partial charge in [-0.25, -0.2) is 5.84 Å². The maximum atomic E-state index is 11.3. The molecule has 6 nitrogen and oxygen atoms in total. The lowest BCUT2D eigenvalue weighted by Crippen LogP contribution is -2.29. The van der Waals surface area contributed by atoms with Gasteiger partial charge >= 0.3 is 0 Å². The predicted molar refractivity (Wildman–Crippen MR) is 77.3 cm³/mol. The van der Waals surface area contributed by atoms with Gasteiger partial charge in [-0.3, -0.25) is 10.2 Å². The number of carbonyl (C=O) groups excluding carboxylic acids is 1. The van der Waals surface area contributed by atoms with Crippen LogP contribution in [0.5, 0.6) is 5.75 Å². The van der Waals surface area contributed by atoms with Crippen molar-refractivity contribution in [2.24, 2.45) is 5.84 Å². The molecule has 0 atom stereocenters. The van der Waals surface area contributed by atoms with E-state index in [0.717, 1.165) is 10.6 Å². The smallest absolute Gasteiger partial charge is 0.268 e. The third kappa shape index (κ3) is 3.25. The van der Waals surface area contributed by atoms with Crippen LogP contribution in [0.1, 0.15) is 16.1 Å². The second-order valence-electron chi connectivity index (χ2n) is 3.97. The van der Waals surface area contributed by atoms with Gasteiger partial charge in [0.1, 0.15) is 17.8 Å². The van der Waals surface area contributed by atoms with E-state index in [1.807, 2.05) is 6.07 Å². The molecule has 0 fully saturated rings. The molecule has 0 saturated carbocycles. The fourth-order valence-electron chi connectivity index (χ4n) is 1.57. The first-order chi connectivity index (χ1) is 9.63. The number of rotatable bonds is 5. The molecule has 0 aliphatic carbocycles. The van der Waals surface area contributed by atoms with Gasteiger partial charge in [-0.05, 0) is 24.3 Å². The number of nitrogens with one attached hydrogen (secondary N) is 1. The number of anilines is 1. The number of furan rings is 1. The number of hydrazine groups is 1. The van der Waals surface area contributed by atoms with Gasteiger partial charge in [-0.2, -0.15) is 0 Å². The number of carbonyl (C=O) groups is 1. The summed E-state index contributed by atoms with van der Waals surface area (Å²) in [4.78, 5) is 12.2. The lowest BCUT2D eigenvalue weighted by Gasteiger charge is -2.06. The second kappa shape index (κ2) is 6.36. The molecule has 0 radical (unpaired) electrons. The summed E-state index contributed by atoms with van der Waals surface area (Å²) in [6, 6.07) is 7.09. The van der Waals surface area contributed by atoms with Gasteiger partial charge in [0.2, 0.25) is 0 Å². The molecule has 1 heterocycles. The molecule has 0 bridgehead atoms. The Morgan fingerprint density at radius 2 is 2.25 bits per heavy atom. The van der Waals surface area contributed by atoms with Gasteiger partial charge in [0.05, 0.1) is 18.4 Å². The number of nitrogens with two attached hydrogens (primary N) is 2. The Labute approximate surface area is 120 Å². The minimum absolute atomic E-state index is 0.383. The highest BCUT2D eigenvalue weighted by Gasteiger charge is 2.10. The number of nitrogen functional groups attached to an aromatic ring is 2. The predicted octanol–water partition coefficient (Wildman–Crippen LogP) is 1.77. The second-order valence-corrected chi connectivity index (χ2v) is 4.98. The Morgan fingerprint density at radius 1 is 1.45 bits per heavy atom. The zero-order chi connectivity index (χ0) is 14.5. The highest BCUT2D eigenvalue weighted by Crippen LogP contribution is 2.31. The number of ether oxygens (including phenoxy) is 1. The number of benzene rings is 1. The minimum atomic E-state index is -0.383. The average molecular weight is 293 g/mol. The summed E-state index contributed by atoms with van der Waals surface area (Å²) in [5.41, 5.74) is 9.01. The van der Waals surface area contributed by atoms with Crippen LogP contribution in [0, 0.1) is 0 Å². The van der Waals surface area contributed by atoms with E-state index in [9.17, 15) is 4.79 Å². The van der Waals surface area contributed by atoms with Crippen molar-refractivity contribution < 1.29 is 13.9 Å². The van der Waals surface area contributed by atoms with E-state index < -0.39 is 0 Å². The van der Waals surface area contributed by atoms with Crippen molar-refractivity contribution in [3.05, 3.63) is 41.9 Å². The highest BCUT2D eigenvalue weighted by atomic mass is 32.2. The van der Waals surface area contributed by atoms with Gasteiger partial charge in [0.25, 0.3) is 5.91 Å². The van der Waals surface area contributed by atoms with E-state index in [2.05, 4.69) is 5.43 Å². The maximum Gasteiger partial charge on any atom is 0.268 e. The van der Waals surface area contributed by atoms with E-state index in [4.69, 9.17) is 20.7 Å². The molecule has 20 heavy (non-hydrogen) atoms. The molecular formula is C13H15N3O3S. The molecule has 0 aliphatic heterocycles. The van der Waals surface area contributed by atoms with Crippen LogP contribution in [0.4, 0.5) is 5.69 Å². The standard InChI is InChI=1S/C13H15N3O3S/c1-18-9-2-3-11(14)12(5-9)20-7-10-4-8(6-19-10)13(17)16-15/h2-6H,7,14-15H2,1H3,(H,16,17). The summed E-state index contributed by atoms with van der Waals surface area (Å²) in [6.07, 6.45) is 1.37. The molecule has 0 unspecified atom stereocenters. The Balaban J connectivity index is 2.05. The highest BCUT2D eigenvalue weighted by molar-refractivity contribution is 7.98. The number of thioether (sulfide) groups is 1. The third-order valence-corrected chi connectivity index (χ3v) is 3.73. The first-order valence-corrected chi connectivity index (χ1v) is 6.77. The third-order valence-electron chi connectivity index (χ3n) is 2.64. The quantitative estimate of drug-likeness (QED) is 0.255. The molecule has 1 aromatic carbocycles. The maximum absolute atomic E-state index is 11.3. The summed E-state index contributed by atoms with van der Waals surface area (Å²) < 4.78 is 10.4. The van der Waals surface area contributed by atoms with Gasteiger partial charge in [0, 0.05) is 10.6 Å². The van der Waals surface area contributed by atoms with Crippen LogP contribution >= 0.6 is 11.8 Å². The van der Waals surface area contributed by atoms with Crippen LogP contribution in [0.2, 0.25) is 0 Å². The van der Waals surface area contributed by atoms with Crippen LogP contribution in [-0.4, -0.2) is 13.0 Å². The van der Waals surface area contributed by atoms with E-state index in [-0.39, 0.29) is 5.91 Å². The summed E-state index contributed by atoms with van der Waals surface area (Å²) in [7, 11) is 1.60. The van der Waals surface area contributed by atoms with Crippen molar-refractivity contribution in [2.45, 2.75) is 10.6 Å². The first-order valence-electron chi connectivity index (χ1n) is 5.78. The molecule has 0 spiro atoms. The van der Waals surface area contributed by atoms with E-state index in [1.54, 1.807) is 25.3 Å². The lowest BCUT2D eigenvalue weighted by molar-refractivity contribution is 0.0953. The van der Waals surface area contributed by atoms with Gasteiger partial charge < -0.3 is 14.9 Å². The zero-order valence-corrected chi connectivity index (χ0v) is 11.7. The molecule has 1 aromatic heterocycles. The summed E-state index contributed by atoms with van der Waals surface area (Å²) in [5, 5.41) is 0. The molecule has 5 N–H and O–H groups in total. The van der Waals surface area contributed by atoms with Crippen molar-refractivity contribution in [1.29, 1.82) is 0 Å². The fraction of sp³-hybridized carbons (Fsp3) is 0.154. The Kier molecular flexibility index (Phi) is 4.54. The van der Waals surface area contributed by atoms with Crippen molar-refractivity contribution in [3.63, 3.8) is 0 Å². The van der Waals surface area contributed by atoms with Crippen LogP contribution < -0.4 is 21.7 Å². The number of amides is 1. The minimum Gasteiger partial charge on any atom is -0.497 e. The van der Waals surface area contributed by atoms with E-state index in [1.165, 1.54) is 18.0 Å². The van der Waals surface area contributed by atoms with Crippen molar-refractivity contribution in [1.82, 2.24) is 5.43 Å². The number of hydrogen-bond donors (Lipinski definition) is 3. The van der Waals surface area contributed by atoms with Crippen molar-refractivity contribution in [3.8, 4) is 5.75 Å². The lowest BCUT2D eigenvalue weighted by atomic mass is 10.3. The molecule has 2 rings (SSSR count). The normalized spacial score (nSPS) is 10.3. The van der Waals surface area contributed by atoms with Crippen LogP contribution in [0.15, 0.2) is 39.8 Å². The van der Waals surface area contributed by atoms with E-state index >= 15 is 0 Å². The molecule has 1 amide bonds. The van der Waals surface area contributed by atoms with Crippen LogP contribution in [0.3, 0.4) is 0 Å². The zero-order valence-electron chi connectivity index (χ0n) is 10.9. The average Bonchev–Trinajstić information content (AvgIpc) is 2.94. The van der Waals surface area contributed by atoms with Crippen LogP contribution in [-0.2, 0) is 5.75 Å². The Hall–Kier alpha value is -2.12. The first kappa shape index (κ1) is 14.3. The monoisotopic (exact) mass is 293 g/mol. The SMILES string of the molecule is COc1ccc(N)c(SCc2cc(C(=O)NN)co2)c1. The largest absolute Gasteiger partial charge is 0.497 e. The molecule has 7 heteroatoms. The van der Waals surface area contributed by atoms with Crippen molar-refractivity contribution in [2.75, 3.05) is 12.8 Å². The summed E-state index contributed by atoms with van der Waals surface area (Å²) in [5.74, 6) is 6.62. The number of methoxy groups -OCH3 is 1. The van der Waals surface area contributed by atoms with E-state index in [0.29, 0.717) is 22.8 Å². The molecule has 0 saturated heterocycles. The molecular weight excluding hydrogens is 278 g/mol. The topological polar surface area (TPSA) is 104 Å². The summed E-state index contributed by atoms with van der Waals surface area (Å²) in [6.45, 7) is 0. The van der Waals surface area contributed by atoms with Gasteiger partial charge in [-0.1, -0.05) is 0 Å². The van der Waals surface area contributed by atoms with Crippen LogP contribution in [0.25, 0.3) is 0 Å².